The summed E-state index contributed by atoms with van der Waals surface area (Å²) < 4.78 is 5.77. The SMILES string of the molecule is OCCC#Cc1cccc(OCCN(CCO)C2CC2)c1. The van der Waals surface area contributed by atoms with Crippen molar-refractivity contribution in [1.82, 2.24) is 4.90 Å². The van der Waals surface area contributed by atoms with Gasteiger partial charge < -0.3 is 14.9 Å². The van der Waals surface area contributed by atoms with Gasteiger partial charge in [0.1, 0.15) is 12.4 Å². The molecular formula is C17H23NO3. The molecular weight excluding hydrogens is 266 g/mol. The van der Waals surface area contributed by atoms with Crippen LogP contribution in [0.2, 0.25) is 0 Å². The van der Waals surface area contributed by atoms with Crippen molar-refractivity contribution in [3.63, 3.8) is 0 Å². The summed E-state index contributed by atoms with van der Waals surface area (Å²) in [4.78, 5) is 2.28. The predicted octanol–water partition coefficient (Wildman–Crippen LogP) is 1.26. The van der Waals surface area contributed by atoms with E-state index in [0.29, 0.717) is 19.1 Å². The molecule has 0 aliphatic heterocycles. The van der Waals surface area contributed by atoms with Crippen LogP contribution in [-0.4, -0.2) is 54.1 Å². The Morgan fingerprint density at radius 1 is 1.19 bits per heavy atom. The number of aliphatic hydroxyl groups is 2. The lowest BCUT2D eigenvalue weighted by molar-refractivity contribution is 0.162. The predicted molar refractivity (Wildman–Crippen MR) is 82.2 cm³/mol. The summed E-state index contributed by atoms with van der Waals surface area (Å²) in [6.07, 6.45) is 2.95. The third-order valence-corrected chi connectivity index (χ3v) is 3.40. The molecule has 0 heterocycles. The lowest BCUT2D eigenvalue weighted by atomic mass is 10.2. The van der Waals surface area contributed by atoms with E-state index in [4.69, 9.17) is 14.9 Å². The Bertz CT molecular complexity index is 488. The van der Waals surface area contributed by atoms with Gasteiger partial charge in [0.25, 0.3) is 0 Å². The lowest BCUT2D eigenvalue weighted by Crippen LogP contribution is -2.33. The molecule has 1 aliphatic rings. The zero-order valence-corrected chi connectivity index (χ0v) is 12.3. The molecule has 1 aromatic rings. The topological polar surface area (TPSA) is 52.9 Å². The van der Waals surface area contributed by atoms with Crippen molar-refractivity contribution in [3.8, 4) is 17.6 Å². The number of ether oxygens (including phenoxy) is 1. The second-order valence-electron chi connectivity index (χ2n) is 5.14. The maximum atomic E-state index is 9.05. The summed E-state index contributed by atoms with van der Waals surface area (Å²) >= 11 is 0. The molecule has 1 fully saturated rings. The van der Waals surface area contributed by atoms with Crippen molar-refractivity contribution in [1.29, 1.82) is 0 Å². The van der Waals surface area contributed by atoms with E-state index in [1.54, 1.807) is 0 Å². The number of hydrogen-bond acceptors (Lipinski definition) is 4. The maximum Gasteiger partial charge on any atom is 0.120 e. The van der Waals surface area contributed by atoms with Gasteiger partial charge in [-0.15, -0.1) is 0 Å². The average molecular weight is 289 g/mol. The summed E-state index contributed by atoms with van der Waals surface area (Å²) in [7, 11) is 0. The van der Waals surface area contributed by atoms with Crippen molar-refractivity contribution in [2.75, 3.05) is 32.9 Å². The highest BCUT2D eigenvalue weighted by molar-refractivity contribution is 5.39. The second-order valence-corrected chi connectivity index (χ2v) is 5.14. The fourth-order valence-corrected chi connectivity index (χ4v) is 2.21. The molecule has 1 aliphatic carbocycles. The van der Waals surface area contributed by atoms with Gasteiger partial charge in [0.15, 0.2) is 0 Å². The largest absolute Gasteiger partial charge is 0.492 e. The Balaban J connectivity index is 1.80. The van der Waals surface area contributed by atoms with Crippen LogP contribution in [0.15, 0.2) is 24.3 Å². The van der Waals surface area contributed by atoms with Gasteiger partial charge in [-0.2, -0.15) is 0 Å². The molecule has 0 bridgehead atoms. The zero-order valence-electron chi connectivity index (χ0n) is 12.3. The first-order valence-corrected chi connectivity index (χ1v) is 7.51. The third-order valence-electron chi connectivity index (χ3n) is 3.40. The Morgan fingerprint density at radius 2 is 2.05 bits per heavy atom. The summed E-state index contributed by atoms with van der Waals surface area (Å²) in [5, 5.41) is 17.8. The molecule has 0 unspecified atom stereocenters. The number of rotatable bonds is 8. The molecule has 4 nitrogen and oxygen atoms in total. The first-order valence-electron chi connectivity index (χ1n) is 7.51. The van der Waals surface area contributed by atoms with Gasteiger partial charge in [0, 0.05) is 31.1 Å². The van der Waals surface area contributed by atoms with Crippen LogP contribution in [-0.2, 0) is 0 Å². The van der Waals surface area contributed by atoms with Crippen molar-refractivity contribution in [2.24, 2.45) is 0 Å². The Hall–Kier alpha value is -1.54. The lowest BCUT2D eigenvalue weighted by Gasteiger charge is -2.20. The van der Waals surface area contributed by atoms with E-state index in [1.165, 1.54) is 12.8 Å². The third kappa shape index (κ3) is 5.76. The van der Waals surface area contributed by atoms with Crippen LogP contribution in [0.3, 0.4) is 0 Å². The molecule has 0 amide bonds. The zero-order chi connectivity index (χ0) is 14.9. The fourth-order valence-electron chi connectivity index (χ4n) is 2.21. The fraction of sp³-hybridized carbons (Fsp3) is 0.529. The molecule has 4 heteroatoms. The molecule has 21 heavy (non-hydrogen) atoms. The molecule has 2 N–H and O–H groups in total. The van der Waals surface area contributed by atoms with Crippen molar-refractivity contribution < 1.29 is 14.9 Å². The Labute approximate surface area is 126 Å². The van der Waals surface area contributed by atoms with Crippen LogP contribution in [0.1, 0.15) is 24.8 Å². The van der Waals surface area contributed by atoms with Crippen molar-refractivity contribution in [3.05, 3.63) is 29.8 Å². The van der Waals surface area contributed by atoms with E-state index >= 15 is 0 Å². The number of nitrogens with zero attached hydrogens (tertiary/aromatic N) is 1. The molecule has 0 spiro atoms. The first-order chi connectivity index (χ1) is 10.3. The summed E-state index contributed by atoms with van der Waals surface area (Å²) in [5.41, 5.74) is 0.898. The quantitative estimate of drug-likeness (QED) is 0.707. The van der Waals surface area contributed by atoms with E-state index < -0.39 is 0 Å². The van der Waals surface area contributed by atoms with Gasteiger partial charge in [-0.25, -0.2) is 0 Å². The van der Waals surface area contributed by atoms with Crippen LogP contribution in [0, 0.1) is 11.8 Å². The smallest absolute Gasteiger partial charge is 0.120 e. The second kappa shape index (κ2) is 8.68. The monoisotopic (exact) mass is 289 g/mol. The maximum absolute atomic E-state index is 9.05. The van der Waals surface area contributed by atoms with Crippen molar-refractivity contribution >= 4 is 0 Å². The van der Waals surface area contributed by atoms with Gasteiger partial charge in [-0.3, -0.25) is 4.90 Å². The van der Waals surface area contributed by atoms with Gasteiger partial charge in [-0.1, -0.05) is 17.9 Å². The average Bonchev–Trinajstić information content (AvgIpc) is 3.32. The number of hydrogen-bond donors (Lipinski definition) is 2. The van der Waals surface area contributed by atoms with Crippen LogP contribution < -0.4 is 4.74 Å². The van der Waals surface area contributed by atoms with Crippen LogP contribution in [0.25, 0.3) is 0 Å². The Morgan fingerprint density at radius 3 is 2.76 bits per heavy atom. The molecule has 2 rings (SSSR count). The molecule has 0 radical (unpaired) electrons. The highest BCUT2D eigenvalue weighted by Crippen LogP contribution is 2.26. The van der Waals surface area contributed by atoms with E-state index in [1.807, 2.05) is 24.3 Å². The van der Waals surface area contributed by atoms with Crippen LogP contribution in [0.4, 0.5) is 0 Å². The van der Waals surface area contributed by atoms with Crippen molar-refractivity contribution in [2.45, 2.75) is 25.3 Å². The molecule has 114 valence electrons. The summed E-state index contributed by atoms with van der Waals surface area (Å²) in [5.74, 6) is 6.71. The minimum Gasteiger partial charge on any atom is -0.492 e. The molecule has 0 atom stereocenters. The van der Waals surface area contributed by atoms with E-state index in [-0.39, 0.29) is 13.2 Å². The van der Waals surface area contributed by atoms with Gasteiger partial charge >= 0.3 is 0 Å². The van der Waals surface area contributed by atoms with E-state index in [2.05, 4.69) is 16.7 Å². The van der Waals surface area contributed by atoms with E-state index in [9.17, 15) is 0 Å². The van der Waals surface area contributed by atoms with Gasteiger partial charge in [-0.05, 0) is 31.0 Å². The first kappa shape index (κ1) is 15.8. The number of aliphatic hydroxyl groups excluding tert-OH is 2. The van der Waals surface area contributed by atoms with Crippen LogP contribution in [0.5, 0.6) is 5.75 Å². The Kier molecular flexibility index (Phi) is 6.55. The molecule has 1 aromatic carbocycles. The van der Waals surface area contributed by atoms with Crippen LogP contribution >= 0.6 is 0 Å². The number of benzene rings is 1. The minimum atomic E-state index is 0.0883. The summed E-state index contributed by atoms with van der Waals surface area (Å²) in [6.45, 7) is 2.47. The highest BCUT2D eigenvalue weighted by atomic mass is 16.5. The minimum absolute atomic E-state index is 0.0883. The summed E-state index contributed by atoms with van der Waals surface area (Å²) in [6, 6.07) is 8.32. The molecule has 1 saturated carbocycles. The van der Waals surface area contributed by atoms with E-state index in [0.717, 1.165) is 24.4 Å². The molecule has 0 saturated heterocycles. The van der Waals surface area contributed by atoms with Gasteiger partial charge in [0.05, 0.1) is 13.2 Å². The van der Waals surface area contributed by atoms with Gasteiger partial charge in [0.2, 0.25) is 0 Å². The highest BCUT2D eigenvalue weighted by Gasteiger charge is 2.28. The standard InChI is InChI=1S/C17H23NO3/c19-11-2-1-4-15-5-3-6-17(14-15)21-13-10-18(9-12-20)16-7-8-16/h3,5-6,14,16,19-20H,2,7-13H2. The molecule has 0 aromatic heterocycles. The normalized spacial score (nSPS) is 13.9.